The van der Waals surface area contributed by atoms with Crippen LogP contribution in [0, 0.1) is 0 Å². The highest BCUT2D eigenvalue weighted by Gasteiger charge is 2.12. The third-order valence-electron chi connectivity index (χ3n) is 2.01. The minimum atomic E-state index is -0.205. The highest BCUT2D eigenvalue weighted by Crippen LogP contribution is 1.95. The van der Waals surface area contributed by atoms with Gasteiger partial charge in [0.1, 0.15) is 13.2 Å². The van der Waals surface area contributed by atoms with E-state index in [2.05, 4.69) is 21.1 Å². The van der Waals surface area contributed by atoms with Crippen LogP contribution in [0.4, 0.5) is 4.79 Å². The molecule has 0 unspecified atom stereocenters. The fraction of sp³-hybridized carbons (Fsp3) is 0.900. The van der Waals surface area contributed by atoms with Crippen LogP contribution in [-0.2, 0) is 4.74 Å². The summed E-state index contributed by atoms with van der Waals surface area (Å²) in [4.78, 5) is 13.1. The zero-order valence-corrected chi connectivity index (χ0v) is 11.2. The van der Waals surface area contributed by atoms with E-state index in [1.54, 1.807) is 4.90 Å². The van der Waals surface area contributed by atoms with Gasteiger partial charge in [0.25, 0.3) is 0 Å². The van der Waals surface area contributed by atoms with E-state index < -0.39 is 0 Å². The molecule has 0 saturated heterocycles. The number of ether oxygens (including phenoxy) is 1. The second-order valence-corrected chi connectivity index (χ2v) is 4.30. The molecular formula is C10H23ClN2O2. The molecule has 92 valence electrons. The molecule has 0 radical (unpaired) electrons. The number of hydrogen-bond donors (Lipinski definition) is 0. The maximum Gasteiger partial charge on any atom is 0.409 e. The zero-order valence-electron chi connectivity index (χ0n) is 10.4. The smallest absolute Gasteiger partial charge is 0.409 e. The van der Waals surface area contributed by atoms with Crippen molar-refractivity contribution in [2.45, 2.75) is 13.8 Å². The summed E-state index contributed by atoms with van der Waals surface area (Å²) >= 11 is 0. The van der Waals surface area contributed by atoms with Crippen LogP contribution in [0.1, 0.15) is 13.8 Å². The van der Waals surface area contributed by atoms with Crippen molar-refractivity contribution in [3.8, 4) is 0 Å². The lowest BCUT2D eigenvalue weighted by molar-refractivity contribution is -0.870. The average molecular weight is 239 g/mol. The first-order valence-corrected chi connectivity index (χ1v) is 5.13. The lowest BCUT2D eigenvalue weighted by Crippen LogP contribution is -3.00. The van der Waals surface area contributed by atoms with Gasteiger partial charge in [0, 0.05) is 13.1 Å². The Morgan fingerprint density at radius 2 is 1.67 bits per heavy atom. The molecule has 0 bridgehead atoms. The van der Waals surface area contributed by atoms with Crippen LogP contribution in [0.5, 0.6) is 0 Å². The van der Waals surface area contributed by atoms with E-state index in [4.69, 9.17) is 4.74 Å². The third kappa shape index (κ3) is 8.51. The average Bonchev–Trinajstić information content (AvgIpc) is 2.04. The fourth-order valence-electron chi connectivity index (χ4n) is 0.980. The van der Waals surface area contributed by atoms with Crippen molar-refractivity contribution in [3.63, 3.8) is 0 Å². The number of likely N-dealkylation sites (N-methyl/N-ethyl adjacent to an activating group) is 1. The summed E-state index contributed by atoms with van der Waals surface area (Å²) in [6.45, 7) is 6.64. The molecule has 0 aliphatic heterocycles. The van der Waals surface area contributed by atoms with Crippen LogP contribution in [-0.4, -0.2) is 62.9 Å². The van der Waals surface area contributed by atoms with Gasteiger partial charge < -0.3 is 26.5 Å². The summed E-state index contributed by atoms with van der Waals surface area (Å²) in [7, 11) is 6.22. The molecule has 0 atom stereocenters. The number of amides is 1. The van der Waals surface area contributed by atoms with Crippen LogP contribution >= 0.6 is 0 Å². The van der Waals surface area contributed by atoms with Gasteiger partial charge in [-0.25, -0.2) is 4.79 Å². The molecule has 0 aliphatic rings. The quantitative estimate of drug-likeness (QED) is 0.528. The zero-order chi connectivity index (χ0) is 11.2. The molecule has 0 aromatic rings. The van der Waals surface area contributed by atoms with Crippen molar-refractivity contribution in [3.05, 3.63) is 0 Å². The molecule has 0 aliphatic carbocycles. The maximum absolute atomic E-state index is 11.4. The van der Waals surface area contributed by atoms with Gasteiger partial charge in [0.2, 0.25) is 0 Å². The van der Waals surface area contributed by atoms with Crippen molar-refractivity contribution in [1.82, 2.24) is 4.90 Å². The molecule has 0 heterocycles. The van der Waals surface area contributed by atoms with Crippen molar-refractivity contribution < 1.29 is 26.4 Å². The minimum absolute atomic E-state index is 0. The van der Waals surface area contributed by atoms with E-state index in [1.165, 1.54) is 0 Å². The highest BCUT2D eigenvalue weighted by molar-refractivity contribution is 5.67. The summed E-state index contributed by atoms with van der Waals surface area (Å²) in [6, 6.07) is 0. The van der Waals surface area contributed by atoms with Gasteiger partial charge in [-0.1, -0.05) is 0 Å². The van der Waals surface area contributed by atoms with Crippen LogP contribution in [0.15, 0.2) is 0 Å². The summed E-state index contributed by atoms with van der Waals surface area (Å²) < 4.78 is 5.94. The van der Waals surface area contributed by atoms with Gasteiger partial charge in [-0.05, 0) is 13.8 Å². The minimum Gasteiger partial charge on any atom is -1.00 e. The second kappa shape index (κ2) is 7.77. The van der Waals surface area contributed by atoms with E-state index in [9.17, 15) is 4.79 Å². The number of rotatable bonds is 5. The maximum atomic E-state index is 11.4. The molecule has 15 heavy (non-hydrogen) atoms. The summed E-state index contributed by atoms with van der Waals surface area (Å²) in [5, 5.41) is 0. The third-order valence-corrected chi connectivity index (χ3v) is 2.01. The van der Waals surface area contributed by atoms with Gasteiger partial charge in [-0.2, -0.15) is 0 Å². The predicted octanol–water partition coefficient (Wildman–Crippen LogP) is -1.82. The number of nitrogens with zero attached hydrogens (tertiary/aromatic N) is 2. The van der Waals surface area contributed by atoms with Crippen LogP contribution in [0.25, 0.3) is 0 Å². The Labute approximate surface area is 99.2 Å². The van der Waals surface area contributed by atoms with Gasteiger partial charge >= 0.3 is 6.09 Å². The number of carbonyl (C=O) groups excluding carboxylic acids is 1. The van der Waals surface area contributed by atoms with E-state index in [0.717, 1.165) is 11.0 Å². The standard InChI is InChI=1S/C10H23N2O2.ClH/c1-6-11(7-2)10(13)14-9-8-12(3,4)5;/h6-9H2,1-5H3;1H/q+1;/p-1. The SMILES string of the molecule is CCN(CC)C(=O)OCC[N+](C)(C)C.[Cl-]. The predicted molar refractivity (Wildman–Crippen MR) is 57.2 cm³/mol. The topological polar surface area (TPSA) is 29.5 Å². The summed E-state index contributed by atoms with van der Waals surface area (Å²) in [5.41, 5.74) is 0. The van der Waals surface area contributed by atoms with Gasteiger partial charge in [-0.3, -0.25) is 0 Å². The van der Waals surface area contributed by atoms with E-state index in [-0.39, 0.29) is 18.5 Å². The summed E-state index contributed by atoms with van der Waals surface area (Å²) in [5.74, 6) is 0. The summed E-state index contributed by atoms with van der Waals surface area (Å²) in [6.07, 6.45) is -0.205. The molecule has 0 N–H and O–H groups in total. The van der Waals surface area contributed by atoms with Gasteiger partial charge in [0.15, 0.2) is 0 Å². The first kappa shape index (κ1) is 16.9. The fourth-order valence-corrected chi connectivity index (χ4v) is 0.980. The lowest BCUT2D eigenvalue weighted by atomic mass is 10.5. The Bertz CT molecular complexity index is 177. The van der Waals surface area contributed by atoms with Crippen LogP contribution in [0.2, 0.25) is 0 Å². The first-order chi connectivity index (χ1) is 6.40. The molecule has 0 saturated carbocycles. The number of hydrogen-bond acceptors (Lipinski definition) is 2. The molecule has 0 fully saturated rings. The van der Waals surface area contributed by atoms with Crippen LogP contribution in [0.3, 0.4) is 0 Å². The van der Waals surface area contributed by atoms with Gasteiger partial charge in [-0.15, -0.1) is 0 Å². The molecular weight excluding hydrogens is 216 g/mol. The first-order valence-electron chi connectivity index (χ1n) is 5.13. The molecule has 0 aromatic carbocycles. The van der Waals surface area contributed by atoms with E-state index in [0.29, 0.717) is 19.7 Å². The molecule has 1 amide bonds. The molecule has 0 rings (SSSR count). The Hall–Kier alpha value is -0.480. The normalized spacial score (nSPS) is 10.5. The number of carbonyl (C=O) groups is 1. The Kier molecular flexibility index (Phi) is 8.77. The van der Waals surface area contributed by atoms with Crippen molar-refractivity contribution >= 4 is 6.09 Å². The Morgan fingerprint density at radius 1 is 1.20 bits per heavy atom. The number of quaternary nitrogens is 1. The monoisotopic (exact) mass is 238 g/mol. The Morgan fingerprint density at radius 3 is 2.00 bits per heavy atom. The molecule has 0 aromatic heterocycles. The van der Waals surface area contributed by atoms with Crippen molar-refractivity contribution in [2.75, 3.05) is 47.4 Å². The lowest BCUT2D eigenvalue weighted by Gasteiger charge is -2.24. The van der Waals surface area contributed by atoms with Crippen molar-refractivity contribution in [1.29, 1.82) is 0 Å². The highest BCUT2D eigenvalue weighted by atomic mass is 35.5. The number of halogens is 1. The molecule has 0 spiro atoms. The second-order valence-electron chi connectivity index (χ2n) is 4.30. The molecule has 4 nitrogen and oxygen atoms in total. The van der Waals surface area contributed by atoms with Crippen LogP contribution < -0.4 is 12.4 Å². The van der Waals surface area contributed by atoms with E-state index >= 15 is 0 Å². The molecule has 5 heteroatoms. The van der Waals surface area contributed by atoms with Crippen molar-refractivity contribution in [2.24, 2.45) is 0 Å². The Balaban J connectivity index is 0. The largest absolute Gasteiger partial charge is 1.00 e. The van der Waals surface area contributed by atoms with Gasteiger partial charge in [0.05, 0.1) is 21.1 Å². The van der Waals surface area contributed by atoms with E-state index in [1.807, 2.05) is 13.8 Å².